The molecule has 2 rings (SSSR count). The van der Waals surface area contributed by atoms with Gasteiger partial charge in [-0.25, -0.2) is 4.98 Å². The van der Waals surface area contributed by atoms with Gasteiger partial charge >= 0.3 is 0 Å². The van der Waals surface area contributed by atoms with Crippen LogP contribution >= 0.6 is 11.6 Å². The fraction of sp³-hybridized carbons (Fsp3) is 0.143. The Hall–Kier alpha value is -2.27. The number of amides is 1. The predicted molar refractivity (Wildman–Crippen MR) is 78.2 cm³/mol. The summed E-state index contributed by atoms with van der Waals surface area (Å²) in [7, 11) is 0. The zero-order valence-corrected chi connectivity index (χ0v) is 11.9. The third kappa shape index (κ3) is 2.83. The second kappa shape index (κ2) is 5.38. The number of ether oxygens (including phenoxy) is 1. The number of rotatable bonds is 3. The first-order valence-corrected chi connectivity index (χ1v) is 6.26. The Labute approximate surface area is 121 Å². The number of carbonyl (C=O) groups excluding carboxylic acids is 1. The number of aromatic nitrogens is 1. The summed E-state index contributed by atoms with van der Waals surface area (Å²) in [5.74, 6) is 0.0680. The van der Waals surface area contributed by atoms with Crippen LogP contribution in [0.3, 0.4) is 0 Å². The van der Waals surface area contributed by atoms with Crippen molar-refractivity contribution in [1.82, 2.24) is 4.98 Å². The molecule has 0 aliphatic rings. The van der Waals surface area contributed by atoms with Crippen molar-refractivity contribution in [3.05, 3.63) is 46.1 Å². The maximum atomic E-state index is 11.4. The number of primary amides is 1. The van der Waals surface area contributed by atoms with E-state index in [9.17, 15) is 4.79 Å². The van der Waals surface area contributed by atoms with Crippen molar-refractivity contribution in [2.75, 3.05) is 5.73 Å². The van der Waals surface area contributed by atoms with Gasteiger partial charge < -0.3 is 16.2 Å². The highest BCUT2D eigenvalue weighted by Gasteiger charge is 2.15. The highest BCUT2D eigenvalue weighted by atomic mass is 35.5. The summed E-state index contributed by atoms with van der Waals surface area (Å²) in [4.78, 5) is 15.4. The molecule has 0 spiro atoms. The zero-order chi connectivity index (χ0) is 14.9. The van der Waals surface area contributed by atoms with Crippen LogP contribution in [0, 0.1) is 13.8 Å². The number of nitrogens with two attached hydrogens (primary N) is 2. The summed E-state index contributed by atoms with van der Waals surface area (Å²) >= 11 is 5.97. The van der Waals surface area contributed by atoms with E-state index in [0.717, 1.165) is 11.1 Å². The van der Waals surface area contributed by atoms with Crippen molar-refractivity contribution >= 4 is 23.2 Å². The number of carbonyl (C=O) groups is 1. The van der Waals surface area contributed by atoms with Crippen molar-refractivity contribution in [3.8, 4) is 11.6 Å². The van der Waals surface area contributed by atoms with Crippen LogP contribution in [0.1, 0.15) is 21.5 Å². The molecule has 1 heterocycles. The van der Waals surface area contributed by atoms with Gasteiger partial charge in [-0.3, -0.25) is 4.79 Å². The Morgan fingerprint density at radius 3 is 2.40 bits per heavy atom. The topological polar surface area (TPSA) is 91.2 Å². The van der Waals surface area contributed by atoms with E-state index in [1.165, 1.54) is 12.3 Å². The molecular weight excluding hydrogens is 278 g/mol. The molecule has 0 fully saturated rings. The number of aryl methyl sites for hydroxylation is 2. The first kappa shape index (κ1) is 14.1. The number of hydrogen-bond donors (Lipinski definition) is 2. The molecule has 2 aromatic rings. The summed E-state index contributed by atoms with van der Waals surface area (Å²) in [6, 6.07) is 4.97. The van der Waals surface area contributed by atoms with Gasteiger partial charge in [0.05, 0.1) is 11.9 Å². The molecule has 1 aromatic heterocycles. The first-order valence-electron chi connectivity index (χ1n) is 5.88. The minimum atomic E-state index is -0.649. The third-order valence-corrected chi connectivity index (χ3v) is 2.98. The molecule has 104 valence electrons. The molecule has 20 heavy (non-hydrogen) atoms. The number of pyridine rings is 1. The summed E-state index contributed by atoms with van der Waals surface area (Å²) in [6.07, 6.45) is 1.41. The molecule has 1 amide bonds. The lowest BCUT2D eigenvalue weighted by Crippen LogP contribution is -2.13. The van der Waals surface area contributed by atoms with E-state index < -0.39 is 5.91 Å². The largest absolute Gasteiger partial charge is 0.438 e. The molecule has 0 atom stereocenters. The van der Waals surface area contributed by atoms with Crippen LogP contribution < -0.4 is 16.2 Å². The zero-order valence-electron chi connectivity index (χ0n) is 11.1. The quantitative estimate of drug-likeness (QED) is 0.909. The van der Waals surface area contributed by atoms with Crippen LogP contribution in [0.15, 0.2) is 24.4 Å². The molecule has 0 saturated heterocycles. The van der Waals surface area contributed by atoms with E-state index >= 15 is 0 Å². The lowest BCUT2D eigenvalue weighted by Gasteiger charge is -2.13. The molecule has 5 nitrogen and oxygen atoms in total. The molecular formula is C14H14ClN3O2. The molecule has 1 aromatic carbocycles. The van der Waals surface area contributed by atoms with Crippen molar-refractivity contribution in [2.24, 2.45) is 5.73 Å². The molecule has 6 heteroatoms. The highest BCUT2D eigenvalue weighted by Crippen LogP contribution is 2.32. The Morgan fingerprint density at radius 2 is 1.85 bits per heavy atom. The van der Waals surface area contributed by atoms with E-state index in [-0.39, 0.29) is 11.4 Å². The lowest BCUT2D eigenvalue weighted by molar-refractivity contribution is 0.0997. The molecule has 0 bridgehead atoms. The van der Waals surface area contributed by atoms with Crippen molar-refractivity contribution in [1.29, 1.82) is 0 Å². The van der Waals surface area contributed by atoms with Crippen LogP contribution in [-0.2, 0) is 0 Å². The highest BCUT2D eigenvalue weighted by molar-refractivity contribution is 6.30. The molecule has 0 aliphatic carbocycles. The number of benzene rings is 1. The Bertz CT molecular complexity index is 663. The summed E-state index contributed by atoms with van der Waals surface area (Å²) in [5, 5.41) is 0.618. The number of anilines is 1. The fourth-order valence-corrected chi connectivity index (χ4v) is 2.21. The Balaban J connectivity index is 2.48. The van der Waals surface area contributed by atoms with Gasteiger partial charge in [-0.15, -0.1) is 0 Å². The van der Waals surface area contributed by atoms with E-state index in [2.05, 4.69) is 4.98 Å². The van der Waals surface area contributed by atoms with Gasteiger partial charge in [0.25, 0.3) is 5.91 Å². The van der Waals surface area contributed by atoms with Crippen LogP contribution in [0.25, 0.3) is 0 Å². The van der Waals surface area contributed by atoms with E-state index in [4.69, 9.17) is 27.8 Å². The Kier molecular flexibility index (Phi) is 3.81. The average molecular weight is 292 g/mol. The van der Waals surface area contributed by atoms with Crippen LogP contribution in [0.2, 0.25) is 5.02 Å². The van der Waals surface area contributed by atoms with Crippen LogP contribution in [0.4, 0.5) is 5.69 Å². The minimum absolute atomic E-state index is 0.125. The lowest BCUT2D eigenvalue weighted by atomic mass is 10.1. The number of nitrogens with zero attached hydrogens (tertiary/aromatic N) is 1. The van der Waals surface area contributed by atoms with Crippen molar-refractivity contribution in [3.63, 3.8) is 0 Å². The number of halogens is 1. The molecule has 0 radical (unpaired) electrons. The van der Waals surface area contributed by atoms with Gasteiger partial charge in [0.2, 0.25) is 5.88 Å². The number of hydrogen-bond acceptors (Lipinski definition) is 4. The third-order valence-electron chi connectivity index (χ3n) is 2.76. The summed E-state index contributed by atoms with van der Waals surface area (Å²) in [6.45, 7) is 3.71. The summed E-state index contributed by atoms with van der Waals surface area (Å²) in [5.41, 5.74) is 13.1. The summed E-state index contributed by atoms with van der Waals surface area (Å²) < 4.78 is 5.72. The normalized spacial score (nSPS) is 10.3. The second-order valence-electron chi connectivity index (χ2n) is 4.46. The predicted octanol–water partition coefficient (Wildman–Crippen LogP) is 2.83. The SMILES string of the molecule is Cc1cc(Cl)cc(C)c1Oc1ncc(N)cc1C(N)=O. The maximum absolute atomic E-state index is 11.4. The monoisotopic (exact) mass is 291 g/mol. The van der Waals surface area contributed by atoms with Crippen molar-refractivity contribution < 1.29 is 9.53 Å². The fourth-order valence-electron chi connectivity index (χ4n) is 1.88. The molecule has 0 unspecified atom stereocenters. The standard InChI is InChI=1S/C14H14ClN3O2/c1-7-3-9(15)4-8(2)12(7)20-14-11(13(17)19)5-10(16)6-18-14/h3-6H,16H2,1-2H3,(H2,17,19). The molecule has 0 saturated carbocycles. The maximum Gasteiger partial charge on any atom is 0.254 e. The van der Waals surface area contributed by atoms with Gasteiger partial charge in [-0.1, -0.05) is 11.6 Å². The molecule has 4 N–H and O–H groups in total. The van der Waals surface area contributed by atoms with Gasteiger partial charge in [0.15, 0.2) is 0 Å². The van der Waals surface area contributed by atoms with Gasteiger partial charge in [0.1, 0.15) is 11.3 Å². The molecule has 0 aliphatic heterocycles. The van der Waals surface area contributed by atoms with Gasteiger partial charge in [-0.2, -0.15) is 0 Å². The average Bonchev–Trinajstić information content (AvgIpc) is 2.34. The van der Waals surface area contributed by atoms with E-state index in [0.29, 0.717) is 16.5 Å². The van der Waals surface area contributed by atoms with E-state index in [1.807, 2.05) is 13.8 Å². The van der Waals surface area contributed by atoms with Gasteiger partial charge in [-0.05, 0) is 43.2 Å². The second-order valence-corrected chi connectivity index (χ2v) is 4.89. The first-order chi connectivity index (χ1) is 9.38. The van der Waals surface area contributed by atoms with Crippen LogP contribution in [0.5, 0.6) is 11.6 Å². The van der Waals surface area contributed by atoms with E-state index in [1.54, 1.807) is 12.1 Å². The number of nitrogen functional groups attached to an aromatic ring is 1. The van der Waals surface area contributed by atoms with Crippen molar-refractivity contribution in [2.45, 2.75) is 13.8 Å². The minimum Gasteiger partial charge on any atom is -0.438 e. The smallest absolute Gasteiger partial charge is 0.254 e. The van der Waals surface area contributed by atoms with Gasteiger partial charge in [0, 0.05) is 5.02 Å². The van der Waals surface area contributed by atoms with Crippen LogP contribution in [-0.4, -0.2) is 10.9 Å². The Morgan fingerprint density at radius 1 is 1.25 bits per heavy atom.